The van der Waals surface area contributed by atoms with Crippen LogP contribution in [-0.2, 0) is 4.74 Å². The average Bonchev–Trinajstić information content (AvgIpc) is 2.16. The number of methoxy groups -OCH3 is 1. The number of hydrogen-bond donors (Lipinski definition) is 1. The number of hydrogen-bond acceptors (Lipinski definition) is 3. The Labute approximate surface area is 77.5 Å². The lowest BCUT2D eigenvalue weighted by molar-refractivity contribution is 0.0587. The summed E-state index contributed by atoms with van der Waals surface area (Å²) in [6, 6.07) is 0.971. The number of aromatic nitrogens is 1. The lowest BCUT2D eigenvalue weighted by Crippen LogP contribution is -2.21. The standard InChI is InChI=1S/C8H7F2NO3/c1-14-8(13)5-4(6(9)10)2-3-11-7(5)12/h2-3,6H,1H3,(H,11,12). The summed E-state index contributed by atoms with van der Waals surface area (Å²) in [5.74, 6) is -1.07. The van der Waals surface area contributed by atoms with Gasteiger partial charge in [0, 0.05) is 11.8 Å². The summed E-state index contributed by atoms with van der Waals surface area (Å²) in [5, 5.41) is 0. The quantitative estimate of drug-likeness (QED) is 0.732. The minimum Gasteiger partial charge on any atom is -0.465 e. The first kappa shape index (κ1) is 10.4. The summed E-state index contributed by atoms with van der Waals surface area (Å²) in [6.07, 6.45) is -1.83. The van der Waals surface area contributed by atoms with Crippen molar-refractivity contribution in [2.45, 2.75) is 6.43 Å². The van der Waals surface area contributed by atoms with E-state index in [4.69, 9.17) is 0 Å². The largest absolute Gasteiger partial charge is 0.465 e. The Kier molecular flexibility index (Phi) is 2.95. The first-order valence-electron chi connectivity index (χ1n) is 3.66. The van der Waals surface area contributed by atoms with Crippen LogP contribution >= 0.6 is 0 Å². The van der Waals surface area contributed by atoms with Gasteiger partial charge in [0.2, 0.25) is 0 Å². The van der Waals surface area contributed by atoms with Crippen LogP contribution in [-0.4, -0.2) is 18.1 Å². The van der Waals surface area contributed by atoms with Crippen molar-refractivity contribution >= 4 is 5.97 Å². The van der Waals surface area contributed by atoms with E-state index in [2.05, 4.69) is 9.72 Å². The second-order valence-electron chi connectivity index (χ2n) is 2.43. The normalized spacial score (nSPS) is 10.3. The zero-order valence-corrected chi connectivity index (χ0v) is 7.21. The summed E-state index contributed by atoms with van der Waals surface area (Å²) >= 11 is 0. The van der Waals surface area contributed by atoms with Crippen LogP contribution in [0.4, 0.5) is 8.78 Å². The fourth-order valence-corrected chi connectivity index (χ4v) is 0.988. The van der Waals surface area contributed by atoms with Crippen molar-refractivity contribution in [1.29, 1.82) is 0 Å². The third-order valence-electron chi connectivity index (χ3n) is 1.62. The highest BCUT2D eigenvalue weighted by molar-refractivity contribution is 5.90. The van der Waals surface area contributed by atoms with Crippen molar-refractivity contribution in [3.63, 3.8) is 0 Å². The van der Waals surface area contributed by atoms with E-state index in [1.54, 1.807) is 0 Å². The smallest absolute Gasteiger partial charge is 0.344 e. The van der Waals surface area contributed by atoms with Gasteiger partial charge in [-0.05, 0) is 6.07 Å². The lowest BCUT2D eigenvalue weighted by atomic mass is 10.1. The molecule has 0 radical (unpaired) electrons. The molecule has 0 atom stereocenters. The Bertz CT molecular complexity index is 400. The Morgan fingerprint density at radius 2 is 2.21 bits per heavy atom. The van der Waals surface area contributed by atoms with Gasteiger partial charge in [-0.15, -0.1) is 0 Å². The number of H-pyrrole nitrogens is 1. The van der Waals surface area contributed by atoms with Gasteiger partial charge in [0.1, 0.15) is 5.56 Å². The predicted octanol–water partition coefficient (Wildman–Crippen LogP) is 1.10. The van der Waals surface area contributed by atoms with Gasteiger partial charge in [0.05, 0.1) is 7.11 Å². The van der Waals surface area contributed by atoms with Crippen molar-refractivity contribution in [3.05, 3.63) is 33.7 Å². The fraction of sp³-hybridized carbons (Fsp3) is 0.250. The summed E-state index contributed by atoms with van der Waals surface area (Å²) in [6.45, 7) is 0. The molecule has 0 saturated carbocycles. The maximum Gasteiger partial charge on any atom is 0.344 e. The van der Waals surface area contributed by atoms with Crippen LogP contribution < -0.4 is 5.56 Å². The number of pyridine rings is 1. The second-order valence-corrected chi connectivity index (χ2v) is 2.43. The third kappa shape index (κ3) is 1.78. The molecule has 0 saturated heterocycles. The van der Waals surface area contributed by atoms with E-state index < -0.39 is 29.1 Å². The van der Waals surface area contributed by atoms with Gasteiger partial charge in [-0.1, -0.05) is 0 Å². The van der Waals surface area contributed by atoms with Gasteiger partial charge in [0.25, 0.3) is 12.0 Å². The summed E-state index contributed by atoms with van der Waals surface area (Å²) in [5.41, 5.74) is -2.15. The highest BCUT2D eigenvalue weighted by Gasteiger charge is 2.21. The first-order valence-corrected chi connectivity index (χ1v) is 3.66. The van der Waals surface area contributed by atoms with Crippen LogP contribution in [0, 0.1) is 0 Å². The molecule has 1 N–H and O–H groups in total. The van der Waals surface area contributed by atoms with E-state index in [9.17, 15) is 18.4 Å². The monoisotopic (exact) mass is 203 g/mol. The average molecular weight is 203 g/mol. The highest BCUT2D eigenvalue weighted by atomic mass is 19.3. The molecule has 14 heavy (non-hydrogen) atoms. The van der Waals surface area contributed by atoms with Crippen molar-refractivity contribution in [2.75, 3.05) is 7.11 Å². The molecule has 0 fully saturated rings. The molecular formula is C8H7F2NO3. The zero-order chi connectivity index (χ0) is 10.7. The van der Waals surface area contributed by atoms with Crippen molar-refractivity contribution in [3.8, 4) is 0 Å². The SMILES string of the molecule is COC(=O)c1c(C(F)F)cc[nH]c1=O. The molecule has 1 aromatic heterocycles. The topological polar surface area (TPSA) is 59.2 Å². The molecule has 0 aromatic carbocycles. The number of ether oxygens (including phenoxy) is 1. The molecule has 0 aliphatic rings. The van der Waals surface area contributed by atoms with Gasteiger partial charge in [-0.3, -0.25) is 4.79 Å². The minimum absolute atomic E-state index is 0.624. The lowest BCUT2D eigenvalue weighted by Gasteiger charge is -2.04. The third-order valence-corrected chi connectivity index (χ3v) is 1.62. The molecule has 0 amide bonds. The van der Waals surface area contributed by atoms with E-state index in [0.29, 0.717) is 0 Å². The van der Waals surface area contributed by atoms with E-state index in [1.807, 2.05) is 0 Å². The molecule has 1 heterocycles. The molecule has 0 bridgehead atoms. The number of aromatic amines is 1. The maximum atomic E-state index is 12.3. The zero-order valence-electron chi connectivity index (χ0n) is 7.21. The number of carbonyl (C=O) groups excluding carboxylic acids is 1. The summed E-state index contributed by atoms with van der Waals surface area (Å²) in [7, 11) is 1.02. The molecule has 0 aliphatic carbocycles. The Morgan fingerprint density at radius 3 is 2.71 bits per heavy atom. The molecule has 6 heteroatoms. The van der Waals surface area contributed by atoms with Crippen molar-refractivity contribution in [2.24, 2.45) is 0 Å². The van der Waals surface area contributed by atoms with Crippen LogP contribution in [0.1, 0.15) is 22.3 Å². The van der Waals surface area contributed by atoms with Crippen molar-refractivity contribution < 1.29 is 18.3 Å². The molecule has 0 spiro atoms. The van der Waals surface area contributed by atoms with E-state index in [-0.39, 0.29) is 0 Å². The second kappa shape index (κ2) is 3.99. The summed E-state index contributed by atoms with van der Waals surface area (Å²) in [4.78, 5) is 24.2. The Hall–Kier alpha value is -1.72. The summed E-state index contributed by atoms with van der Waals surface area (Å²) < 4.78 is 28.9. The van der Waals surface area contributed by atoms with E-state index in [0.717, 1.165) is 19.4 Å². The van der Waals surface area contributed by atoms with Crippen LogP contribution in [0.5, 0.6) is 0 Å². The number of carbonyl (C=O) groups is 1. The fourth-order valence-electron chi connectivity index (χ4n) is 0.988. The predicted molar refractivity (Wildman–Crippen MR) is 43.4 cm³/mol. The van der Waals surface area contributed by atoms with Gasteiger partial charge >= 0.3 is 5.97 Å². The van der Waals surface area contributed by atoms with Crippen LogP contribution in [0.15, 0.2) is 17.1 Å². The van der Waals surface area contributed by atoms with Gasteiger partial charge < -0.3 is 9.72 Å². The van der Waals surface area contributed by atoms with Gasteiger partial charge in [-0.25, -0.2) is 13.6 Å². The van der Waals surface area contributed by atoms with E-state index in [1.165, 1.54) is 0 Å². The van der Waals surface area contributed by atoms with Gasteiger partial charge in [0.15, 0.2) is 0 Å². The molecule has 76 valence electrons. The number of esters is 1. The van der Waals surface area contributed by atoms with Crippen LogP contribution in [0.25, 0.3) is 0 Å². The highest BCUT2D eigenvalue weighted by Crippen LogP contribution is 2.20. The molecule has 1 aromatic rings. The molecular weight excluding hydrogens is 196 g/mol. The number of rotatable bonds is 2. The Balaban J connectivity index is 3.37. The maximum absolute atomic E-state index is 12.3. The molecule has 0 aliphatic heterocycles. The molecule has 4 nitrogen and oxygen atoms in total. The van der Waals surface area contributed by atoms with Crippen molar-refractivity contribution in [1.82, 2.24) is 4.98 Å². The number of nitrogens with one attached hydrogen (secondary N) is 1. The van der Waals surface area contributed by atoms with Crippen LogP contribution in [0.3, 0.4) is 0 Å². The molecule has 0 unspecified atom stereocenters. The van der Waals surface area contributed by atoms with Gasteiger partial charge in [-0.2, -0.15) is 0 Å². The Morgan fingerprint density at radius 1 is 1.57 bits per heavy atom. The number of alkyl halides is 2. The number of halogens is 2. The molecule has 1 rings (SSSR count). The van der Waals surface area contributed by atoms with E-state index >= 15 is 0 Å². The first-order chi connectivity index (χ1) is 6.57. The van der Waals surface area contributed by atoms with Crippen LogP contribution in [0.2, 0.25) is 0 Å². The minimum atomic E-state index is -2.88.